The van der Waals surface area contributed by atoms with Crippen LogP contribution in [0.3, 0.4) is 0 Å². The molecule has 7 heteroatoms. The van der Waals surface area contributed by atoms with Gasteiger partial charge in [-0.3, -0.25) is 4.79 Å². The summed E-state index contributed by atoms with van der Waals surface area (Å²) in [5.74, 6) is -1.20. The number of benzene rings is 2. The number of nitrogens with one attached hydrogen (secondary N) is 1. The first-order valence-electron chi connectivity index (χ1n) is 6.54. The Morgan fingerprint density at radius 3 is 2.52 bits per heavy atom. The van der Waals surface area contributed by atoms with Gasteiger partial charge in [0.2, 0.25) is 0 Å². The van der Waals surface area contributed by atoms with E-state index in [0.717, 1.165) is 4.90 Å². The highest BCUT2D eigenvalue weighted by Crippen LogP contribution is 2.27. The number of rotatable bonds is 2. The Hall–Kier alpha value is -2.37. The topological polar surface area (TPSA) is 49.4 Å². The summed E-state index contributed by atoms with van der Waals surface area (Å²) in [6, 6.07) is 9.82. The minimum Gasteiger partial charge on any atom is -0.302 e. The van der Waals surface area contributed by atoms with Crippen molar-refractivity contribution in [3.8, 4) is 0 Å². The van der Waals surface area contributed by atoms with Crippen LogP contribution in [-0.2, 0) is 4.79 Å². The predicted molar refractivity (Wildman–Crippen MR) is 86.9 cm³/mol. The van der Waals surface area contributed by atoms with Crippen LogP contribution in [0.4, 0.5) is 14.9 Å². The van der Waals surface area contributed by atoms with E-state index in [1.807, 2.05) is 0 Å². The zero-order chi connectivity index (χ0) is 16.6. The van der Waals surface area contributed by atoms with Crippen LogP contribution in [0.15, 0.2) is 48.2 Å². The lowest BCUT2D eigenvalue weighted by Crippen LogP contribution is -2.30. The van der Waals surface area contributed by atoms with Gasteiger partial charge >= 0.3 is 6.03 Å². The molecule has 1 aliphatic rings. The number of anilines is 1. The molecular formula is C16H9Cl2FN2O2. The lowest BCUT2D eigenvalue weighted by molar-refractivity contribution is -0.113. The van der Waals surface area contributed by atoms with Crippen molar-refractivity contribution in [2.75, 3.05) is 4.90 Å². The highest BCUT2D eigenvalue weighted by Gasteiger charge is 2.35. The first-order valence-corrected chi connectivity index (χ1v) is 7.29. The minimum absolute atomic E-state index is 0.0331. The van der Waals surface area contributed by atoms with Crippen LogP contribution < -0.4 is 10.2 Å². The molecule has 0 spiro atoms. The molecule has 116 valence electrons. The quantitative estimate of drug-likeness (QED) is 0.650. The molecule has 0 bridgehead atoms. The molecule has 0 unspecified atom stereocenters. The third-order valence-corrected chi connectivity index (χ3v) is 3.80. The summed E-state index contributed by atoms with van der Waals surface area (Å²) in [6.45, 7) is 0. The van der Waals surface area contributed by atoms with Gasteiger partial charge in [-0.1, -0.05) is 35.3 Å². The number of urea groups is 1. The molecule has 2 aromatic carbocycles. The van der Waals surface area contributed by atoms with Crippen LogP contribution in [0.2, 0.25) is 10.0 Å². The van der Waals surface area contributed by atoms with E-state index in [9.17, 15) is 14.0 Å². The molecule has 0 saturated carbocycles. The Kier molecular flexibility index (Phi) is 4.07. The summed E-state index contributed by atoms with van der Waals surface area (Å²) in [4.78, 5) is 25.4. The van der Waals surface area contributed by atoms with Crippen molar-refractivity contribution in [2.45, 2.75) is 0 Å². The number of halogens is 3. The smallest absolute Gasteiger partial charge is 0.302 e. The zero-order valence-electron chi connectivity index (χ0n) is 11.5. The third kappa shape index (κ3) is 2.93. The monoisotopic (exact) mass is 350 g/mol. The Balaban J connectivity index is 2.00. The van der Waals surface area contributed by atoms with E-state index in [1.165, 1.54) is 30.3 Å². The van der Waals surface area contributed by atoms with Crippen LogP contribution in [0.1, 0.15) is 5.56 Å². The molecule has 2 aromatic rings. The molecule has 0 aromatic heterocycles. The van der Waals surface area contributed by atoms with E-state index >= 15 is 0 Å². The third-order valence-electron chi connectivity index (χ3n) is 3.23. The van der Waals surface area contributed by atoms with Gasteiger partial charge < -0.3 is 5.32 Å². The van der Waals surface area contributed by atoms with E-state index in [1.54, 1.807) is 18.2 Å². The van der Waals surface area contributed by atoms with E-state index in [0.29, 0.717) is 10.7 Å². The molecule has 1 aliphatic heterocycles. The highest BCUT2D eigenvalue weighted by molar-refractivity contribution is 6.33. The summed E-state index contributed by atoms with van der Waals surface area (Å²) < 4.78 is 13.8. The van der Waals surface area contributed by atoms with Crippen molar-refractivity contribution in [3.05, 3.63) is 69.6 Å². The second kappa shape index (κ2) is 6.02. The van der Waals surface area contributed by atoms with Crippen LogP contribution in [0.25, 0.3) is 6.08 Å². The van der Waals surface area contributed by atoms with Gasteiger partial charge in [0.05, 0.1) is 10.7 Å². The summed E-state index contributed by atoms with van der Waals surface area (Å²) in [7, 11) is 0. The second-order valence-electron chi connectivity index (χ2n) is 4.74. The molecule has 0 atom stereocenters. The number of amides is 3. The fourth-order valence-corrected chi connectivity index (χ4v) is 2.58. The first kappa shape index (κ1) is 15.5. The molecule has 3 rings (SSSR count). The maximum atomic E-state index is 13.8. The Labute approximate surface area is 141 Å². The maximum absolute atomic E-state index is 13.8. The lowest BCUT2D eigenvalue weighted by Gasteiger charge is -2.11. The molecule has 1 N–H and O–H groups in total. The first-order chi connectivity index (χ1) is 11.0. The van der Waals surface area contributed by atoms with Gasteiger partial charge in [0.15, 0.2) is 0 Å². The van der Waals surface area contributed by atoms with Crippen LogP contribution in [0.5, 0.6) is 0 Å². The van der Waals surface area contributed by atoms with Crippen molar-refractivity contribution in [2.24, 2.45) is 0 Å². The molecule has 0 radical (unpaired) electrons. The van der Waals surface area contributed by atoms with Crippen LogP contribution in [0, 0.1) is 5.82 Å². The van der Waals surface area contributed by atoms with Gasteiger partial charge in [0.25, 0.3) is 5.91 Å². The van der Waals surface area contributed by atoms with Crippen molar-refractivity contribution >= 4 is 46.9 Å². The summed E-state index contributed by atoms with van der Waals surface area (Å²) in [5.41, 5.74) is 0.288. The summed E-state index contributed by atoms with van der Waals surface area (Å²) >= 11 is 11.8. The predicted octanol–water partition coefficient (Wildman–Crippen LogP) is 4.23. The molecule has 0 aliphatic carbocycles. The molecular weight excluding hydrogens is 342 g/mol. The van der Waals surface area contributed by atoms with Gasteiger partial charge in [-0.25, -0.2) is 14.1 Å². The molecule has 1 heterocycles. The number of nitrogens with zero attached hydrogens (tertiary/aromatic N) is 1. The summed E-state index contributed by atoms with van der Waals surface area (Å²) in [5, 5.41) is 2.93. The van der Waals surface area contributed by atoms with Crippen LogP contribution >= 0.6 is 23.2 Å². The number of hydrogen-bond donors (Lipinski definition) is 1. The number of carbonyl (C=O) groups is 2. The average molecular weight is 351 g/mol. The normalized spacial score (nSPS) is 16.1. The fourth-order valence-electron chi connectivity index (χ4n) is 2.18. The fraction of sp³-hybridized carbons (Fsp3) is 0. The number of imide groups is 1. The molecule has 1 fully saturated rings. The Morgan fingerprint density at radius 1 is 1.09 bits per heavy atom. The zero-order valence-corrected chi connectivity index (χ0v) is 13.0. The maximum Gasteiger partial charge on any atom is 0.333 e. The van der Waals surface area contributed by atoms with E-state index in [-0.39, 0.29) is 16.3 Å². The van der Waals surface area contributed by atoms with Gasteiger partial charge in [0, 0.05) is 10.6 Å². The largest absolute Gasteiger partial charge is 0.333 e. The number of hydrogen-bond acceptors (Lipinski definition) is 2. The van der Waals surface area contributed by atoms with Crippen LogP contribution in [-0.4, -0.2) is 11.9 Å². The Morgan fingerprint density at radius 2 is 1.83 bits per heavy atom. The van der Waals surface area contributed by atoms with Gasteiger partial charge in [-0.2, -0.15) is 0 Å². The van der Waals surface area contributed by atoms with Gasteiger partial charge in [-0.05, 0) is 36.4 Å². The summed E-state index contributed by atoms with van der Waals surface area (Å²) in [6.07, 6.45) is 1.21. The standard InChI is InChI=1S/C16H9Cl2FN2O2/c17-9-3-1-4-10(7-9)21-15(22)14(20-16(21)23)8-11-12(18)5-2-6-13(11)19/h1-8H,(H,20,23)/b14-8-. The van der Waals surface area contributed by atoms with E-state index in [4.69, 9.17) is 23.2 Å². The average Bonchev–Trinajstić information content (AvgIpc) is 2.77. The molecule has 3 amide bonds. The minimum atomic E-state index is -0.643. The highest BCUT2D eigenvalue weighted by atomic mass is 35.5. The second-order valence-corrected chi connectivity index (χ2v) is 5.59. The lowest BCUT2D eigenvalue weighted by atomic mass is 10.1. The van der Waals surface area contributed by atoms with Gasteiger partial charge in [-0.15, -0.1) is 0 Å². The van der Waals surface area contributed by atoms with Crippen molar-refractivity contribution in [3.63, 3.8) is 0 Å². The molecule has 23 heavy (non-hydrogen) atoms. The van der Waals surface area contributed by atoms with E-state index in [2.05, 4.69) is 5.32 Å². The van der Waals surface area contributed by atoms with Gasteiger partial charge in [0.1, 0.15) is 11.5 Å². The Bertz CT molecular complexity index is 831. The van der Waals surface area contributed by atoms with Crippen molar-refractivity contribution in [1.82, 2.24) is 5.32 Å². The van der Waals surface area contributed by atoms with Crippen molar-refractivity contribution < 1.29 is 14.0 Å². The van der Waals surface area contributed by atoms with Crippen molar-refractivity contribution in [1.29, 1.82) is 0 Å². The van der Waals surface area contributed by atoms with E-state index < -0.39 is 17.8 Å². The molecule has 1 saturated heterocycles. The SMILES string of the molecule is O=C1N/C(=C\c2c(F)cccc2Cl)C(=O)N1c1cccc(Cl)c1. The number of carbonyl (C=O) groups excluding carboxylic acids is 2. The molecule has 4 nitrogen and oxygen atoms in total.